The summed E-state index contributed by atoms with van der Waals surface area (Å²) in [5, 5.41) is -0.0417. The zero-order chi connectivity index (χ0) is 5.86. The third kappa shape index (κ3) is 2.68. The van der Waals surface area contributed by atoms with Gasteiger partial charge in [-0.1, -0.05) is 6.92 Å². The van der Waals surface area contributed by atoms with Crippen LogP contribution < -0.4 is 0 Å². The van der Waals surface area contributed by atoms with Crippen molar-refractivity contribution in [2.24, 2.45) is 0 Å². The Morgan fingerprint density at radius 3 is 2.29 bits per heavy atom. The molecule has 0 radical (unpaired) electrons. The molecule has 1 nitrogen and oxygen atoms in total. The lowest BCUT2D eigenvalue weighted by atomic mass is 10.2. The van der Waals surface area contributed by atoms with Crippen molar-refractivity contribution in [2.45, 2.75) is 25.5 Å². The molecule has 0 fully saturated rings. The summed E-state index contributed by atoms with van der Waals surface area (Å²) in [7, 11) is 0. The second-order valence-corrected chi connectivity index (χ2v) is 2.16. The number of carbonyl (C=O) groups excluding carboxylic acids is 1. The van der Waals surface area contributed by atoms with Gasteiger partial charge in [0.1, 0.15) is 5.78 Å². The van der Waals surface area contributed by atoms with Gasteiger partial charge in [-0.3, -0.25) is 4.79 Å². The maximum absolute atomic E-state index is 10.3. The Bertz CT molecular complexity index is 70.5. The molecule has 0 aromatic rings. The third-order valence-electron chi connectivity index (χ3n) is 0.856. The average molecular weight is 118 g/mol. The van der Waals surface area contributed by atoms with Crippen LogP contribution in [0.3, 0.4) is 0 Å². The van der Waals surface area contributed by atoms with Crippen LogP contribution in [0.1, 0.15) is 20.3 Å². The summed E-state index contributed by atoms with van der Waals surface area (Å²) >= 11 is 3.98. The molecule has 1 atom stereocenters. The first kappa shape index (κ1) is 7.02. The van der Waals surface area contributed by atoms with Crippen LogP contribution in [0.4, 0.5) is 0 Å². The molecule has 0 saturated carbocycles. The van der Waals surface area contributed by atoms with Crippen molar-refractivity contribution in [3.05, 3.63) is 0 Å². The summed E-state index contributed by atoms with van der Waals surface area (Å²) in [5.41, 5.74) is 0. The molecular formula is C5H10OS. The average Bonchev–Trinajstić information content (AvgIpc) is 1.65. The molecule has 7 heavy (non-hydrogen) atoms. The smallest absolute Gasteiger partial charge is 0.142 e. The minimum Gasteiger partial charge on any atom is -0.299 e. The van der Waals surface area contributed by atoms with Crippen molar-refractivity contribution in [2.75, 3.05) is 0 Å². The van der Waals surface area contributed by atoms with E-state index in [2.05, 4.69) is 12.6 Å². The quantitative estimate of drug-likeness (QED) is 0.540. The Morgan fingerprint density at radius 1 is 1.86 bits per heavy atom. The highest BCUT2D eigenvalue weighted by molar-refractivity contribution is 7.81. The highest BCUT2D eigenvalue weighted by atomic mass is 32.1. The minimum atomic E-state index is -0.0417. The molecule has 0 bridgehead atoms. The predicted molar refractivity (Wildman–Crippen MR) is 33.7 cm³/mol. The van der Waals surface area contributed by atoms with E-state index >= 15 is 0 Å². The van der Waals surface area contributed by atoms with E-state index in [9.17, 15) is 4.79 Å². The minimum absolute atomic E-state index is 0.0417. The van der Waals surface area contributed by atoms with Gasteiger partial charge in [-0.15, -0.1) is 0 Å². The predicted octanol–water partition coefficient (Wildman–Crippen LogP) is 1.28. The summed E-state index contributed by atoms with van der Waals surface area (Å²) in [6.45, 7) is 3.50. The van der Waals surface area contributed by atoms with E-state index in [1.54, 1.807) is 6.92 Å². The summed E-state index contributed by atoms with van der Waals surface area (Å²) in [6.07, 6.45) is 0.832. The fourth-order valence-corrected chi connectivity index (χ4v) is 0.287. The number of hydrogen-bond acceptors (Lipinski definition) is 2. The van der Waals surface area contributed by atoms with Gasteiger partial charge in [0, 0.05) is 0 Å². The SMILES string of the molecule is CC[C@@H](S)C(C)=O. The largest absolute Gasteiger partial charge is 0.299 e. The Hall–Kier alpha value is 0.0200. The van der Waals surface area contributed by atoms with E-state index in [4.69, 9.17) is 0 Å². The van der Waals surface area contributed by atoms with Crippen molar-refractivity contribution in [3.8, 4) is 0 Å². The Morgan fingerprint density at radius 2 is 2.29 bits per heavy atom. The van der Waals surface area contributed by atoms with Crippen molar-refractivity contribution >= 4 is 18.4 Å². The van der Waals surface area contributed by atoms with Gasteiger partial charge in [-0.25, -0.2) is 0 Å². The molecule has 0 amide bonds. The monoisotopic (exact) mass is 118 g/mol. The number of Topliss-reactive ketones (excluding diaryl/α,β-unsaturated/α-hetero) is 1. The molecule has 0 unspecified atom stereocenters. The van der Waals surface area contributed by atoms with Gasteiger partial charge in [0.15, 0.2) is 0 Å². The van der Waals surface area contributed by atoms with E-state index in [1.807, 2.05) is 6.92 Å². The van der Waals surface area contributed by atoms with E-state index in [1.165, 1.54) is 0 Å². The van der Waals surface area contributed by atoms with Crippen LogP contribution in [0.5, 0.6) is 0 Å². The van der Waals surface area contributed by atoms with Crippen molar-refractivity contribution in [3.63, 3.8) is 0 Å². The third-order valence-corrected chi connectivity index (χ3v) is 1.58. The topological polar surface area (TPSA) is 17.1 Å². The molecular weight excluding hydrogens is 108 g/mol. The molecule has 2 heteroatoms. The zero-order valence-corrected chi connectivity index (χ0v) is 5.53. The van der Waals surface area contributed by atoms with Crippen LogP contribution in [0.25, 0.3) is 0 Å². The van der Waals surface area contributed by atoms with E-state index in [0.29, 0.717) is 0 Å². The lowest BCUT2D eigenvalue weighted by Gasteiger charge is -1.97. The number of hydrogen-bond donors (Lipinski definition) is 1. The maximum Gasteiger partial charge on any atom is 0.142 e. The Balaban J connectivity index is 3.34. The van der Waals surface area contributed by atoms with Gasteiger partial charge < -0.3 is 0 Å². The van der Waals surface area contributed by atoms with Crippen LogP contribution in [0.2, 0.25) is 0 Å². The molecule has 0 N–H and O–H groups in total. The first-order chi connectivity index (χ1) is 3.18. The molecule has 0 heterocycles. The van der Waals surface area contributed by atoms with Gasteiger partial charge in [-0.2, -0.15) is 12.6 Å². The fraction of sp³-hybridized carbons (Fsp3) is 0.800. The van der Waals surface area contributed by atoms with Crippen molar-refractivity contribution in [1.29, 1.82) is 0 Å². The van der Waals surface area contributed by atoms with E-state index in [0.717, 1.165) is 6.42 Å². The number of ketones is 1. The number of thiol groups is 1. The Kier molecular flexibility index (Phi) is 3.09. The molecule has 0 aliphatic heterocycles. The molecule has 0 aromatic carbocycles. The van der Waals surface area contributed by atoms with Gasteiger partial charge in [0.2, 0.25) is 0 Å². The van der Waals surface area contributed by atoms with E-state index < -0.39 is 0 Å². The normalized spacial score (nSPS) is 13.6. The molecule has 0 aliphatic rings. The van der Waals surface area contributed by atoms with Gasteiger partial charge >= 0.3 is 0 Å². The molecule has 0 rings (SSSR count). The van der Waals surface area contributed by atoms with Gasteiger partial charge in [0.05, 0.1) is 5.25 Å². The summed E-state index contributed by atoms with van der Waals surface area (Å²) in [5.74, 6) is 0.158. The van der Waals surface area contributed by atoms with E-state index in [-0.39, 0.29) is 11.0 Å². The number of rotatable bonds is 2. The van der Waals surface area contributed by atoms with Crippen LogP contribution in [0, 0.1) is 0 Å². The molecule has 0 aromatic heterocycles. The van der Waals surface area contributed by atoms with Gasteiger partial charge in [0.25, 0.3) is 0 Å². The zero-order valence-electron chi connectivity index (χ0n) is 4.64. The molecule has 0 spiro atoms. The second-order valence-electron chi connectivity index (χ2n) is 1.53. The lowest BCUT2D eigenvalue weighted by Crippen LogP contribution is -2.07. The summed E-state index contributed by atoms with van der Waals surface area (Å²) in [6, 6.07) is 0. The van der Waals surface area contributed by atoms with Crippen molar-refractivity contribution in [1.82, 2.24) is 0 Å². The Labute approximate surface area is 49.5 Å². The van der Waals surface area contributed by atoms with Crippen LogP contribution >= 0.6 is 12.6 Å². The second kappa shape index (κ2) is 3.08. The molecule has 0 saturated heterocycles. The fourth-order valence-electron chi connectivity index (χ4n) is 0.287. The van der Waals surface area contributed by atoms with Crippen LogP contribution in [0.15, 0.2) is 0 Å². The highest BCUT2D eigenvalue weighted by Crippen LogP contribution is 1.99. The highest BCUT2D eigenvalue weighted by Gasteiger charge is 2.02. The molecule has 42 valence electrons. The van der Waals surface area contributed by atoms with Crippen molar-refractivity contribution < 1.29 is 4.79 Å². The van der Waals surface area contributed by atoms with Crippen LogP contribution in [-0.4, -0.2) is 11.0 Å². The summed E-state index contributed by atoms with van der Waals surface area (Å²) < 4.78 is 0. The lowest BCUT2D eigenvalue weighted by molar-refractivity contribution is -0.116. The standard InChI is InChI=1S/C5H10OS/c1-3-5(7)4(2)6/h5,7H,3H2,1-2H3/t5-/m1/s1. The first-order valence-electron chi connectivity index (χ1n) is 2.37. The summed E-state index contributed by atoms with van der Waals surface area (Å²) in [4.78, 5) is 10.3. The molecule has 0 aliphatic carbocycles. The van der Waals surface area contributed by atoms with Gasteiger partial charge in [-0.05, 0) is 13.3 Å². The number of carbonyl (C=O) groups is 1. The van der Waals surface area contributed by atoms with Crippen LogP contribution in [-0.2, 0) is 4.79 Å². The first-order valence-corrected chi connectivity index (χ1v) is 2.88. The maximum atomic E-state index is 10.3.